The fourth-order valence-corrected chi connectivity index (χ4v) is 4.62. The lowest BCUT2D eigenvalue weighted by molar-refractivity contribution is -0.137. The molecule has 1 aromatic heterocycles. The summed E-state index contributed by atoms with van der Waals surface area (Å²) < 4.78 is 38.3. The van der Waals surface area contributed by atoms with Crippen LogP contribution in [0.15, 0.2) is 55.1 Å². The van der Waals surface area contributed by atoms with E-state index < -0.39 is 11.7 Å². The van der Waals surface area contributed by atoms with Gasteiger partial charge in [-0.2, -0.15) is 13.2 Å². The highest BCUT2D eigenvalue weighted by atomic mass is 19.4. The summed E-state index contributed by atoms with van der Waals surface area (Å²) in [6.45, 7) is 4.32. The predicted molar refractivity (Wildman–Crippen MR) is 134 cm³/mol. The summed E-state index contributed by atoms with van der Waals surface area (Å²) in [6, 6.07) is 10.1. The van der Waals surface area contributed by atoms with Crippen LogP contribution in [0.4, 0.5) is 24.5 Å². The molecule has 0 spiro atoms. The SMILES string of the molecule is CNc1cc(CN2CCCC2)cc(C(F)(F)F)c1.O=Cc1ccc2c(c1)CN(c1cncnc1)CC2. The van der Waals surface area contributed by atoms with Gasteiger partial charge in [0.15, 0.2) is 0 Å². The first-order valence-corrected chi connectivity index (χ1v) is 12.0. The minimum Gasteiger partial charge on any atom is -0.388 e. The number of anilines is 2. The van der Waals surface area contributed by atoms with Crippen molar-refractivity contribution in [3.8, 4) is 0 Å². The van der Waals surface area contributed by atoms with Gasteiger partial charge in [-0.25, -0.2) is 9.97 Å². The van der Waals surface area contributed by atoms with Crippen LogP contribution in [0.2, 0.25) is 0 Å². The van der Waals surface area contributed by atoms with E-state index >= 15 is 0 Å². The van der Waals surface area contributed by atoms with E-state index in [0.29, 0.717) is 12.2 Å². The largest absolute Gasteiger partial charge is 0.416 e. The van der Waals surface area contributed by atoms with Gasteiger partial charge in [0.25, 0.3) is 0 Å². The quantitative estimate of drug-likeness (QED) is 0.490. The number of aromatic nitrogens is 2. The zero-order valence-corrected chi connectivity index (χ0v) is 20.3. The monoisotopic (exact) mass is 497 g/mol. The second kappa shape index (κ2) is 11.5. The van der Waals surface area contributed by atoms with Gasteiger partial charge in [0.2, 0.25) is 0 Å². The van der Waals surface area contributed by atoms with Crippen LogP contribution in [-0.2, 0) is 25.7 Å². The van der Waals surface area contributed by atoms with Crippen LogP contribution in [0, 0.1) is 0 Å². The molecule has 0 amide bonds. The molecule has 190 valence electrons. The number of likely N-dealkylation sites (tertiary alicyclic amines) is 1. The Balaban J connectivity index is 0.000000169. The molecule has 1 fully saturated rings. The maximum absolute atomic E-state index is 12.8. The number of nitrogens with one attached hydrogen (secondary N) is 1. The molecule has 0 aliphatic carbocycles. The molecule has 1 N–H and O–H groups in total. The van der Waals surface area contributed by atoms with Crippen LogP contribution < -0.4 is 10.2 Å². The standard InChI is InChI=1S/C14H13N3O.C13H17F3N2/c18-9-11-1-2-12-3-4-17(8-13(12)5-11)14-6-15-10-16-7-14;1-17-12-7-10(9-18-4-2-3-5-18)6-11(8-12)13(14,15)16/h1-2,5-7,9-10H,3-4,8H2;6-8,17H,2-5,9H2,1H3. The molecule has 3 aromatic rings. The summed E-state index contributed by atoms with van der Waals surface area (Å²) >= 11 is 0. The molecule has 0 bridgehead atoms. The van der Waals surface area contributed by atoms with Crippen LogP contribution in [-0.4, -0.2) is 47.8 Å². The van der Waals surface area contributed by atoms with Gasteiger partial charge < -0.3 is 10.2 Å². The van der Waals surface area contributed by atoms with Gasteiger partial charge >= 0.3 is 6.18 Å². The molecule has 2 aliphatic rings. The first-order valence-electron chi connectivity index (χ1n) is 12.0. The molecule has 5 rings (SSSR count). The summed E-state index contributed by atoms with van der Waals surface area (Å²) in [6.07, 6.45) is 5.05. The summed E-state index contributed by atoms with van der Waals surface area (Å²) in [5.74, 6) is 0. The average molecular weight is 498 g/mol. The van der Waals surface area contributed by atoms with Crippen molar-refractivity contribution in [2.75, 3.05) is 36.9 Å². The third-order valence-electron chi connectivity index (χ3n) is 6.50. The molecule has 3 heterocycles. The second-order valence-corrected chi connectivity index (χ2v) is 9.06. The maximum atomic E-state index is 12.8. The molecular formula is C27H30F3N5O. The van der Waals surface area contributed by atoms with Crippen molar-refractivity contribution in [1.29, 1.82) is 0 Å². The lowest BCUT2D eigenvalue weighted by atomic mass is 9.97. The highest BCUT2D eigenvalue weighted by Gasteiger charge is 2.31. The van der Waals surface area contributed by atoms with E-state index in [1.807, 2.05) is 24.5 Å². The minimum absolute atomic E-state index is 0.513. The maximum Gasteiger partial charge on any atom is 0.416 e. The molecule has 1 saturated heterocycles. The first-order chi connectivity index (χ1) is 17.4. The Morgan fingerprint density at radius 1 is 1.00 bits per heavy atom. The summed E-state index contributed by atoms with van der Waals surface area (Å²) in [7, 11) is 1.63. The van der Waals surface area contributed by atoms with Crippen molar-refractivity contribution in [1.82, 2.24) is 14.9 Å². The van der Waals surface area contributed by atoms with E-state index in [4.69, 9.17) is 0 Å². The molecule has 2 aliphatic heterocycles. The number of halogens is 3. The average Bonchev–Trinajstić information content (AvgIpc) is 3.41. The van der Waals surface area contributed by atoms with Gasteiger partial charge in [-0.1, -0.05) is 12.1 Å². The second-order valence-electron chi connectivity index (χ2n) is 9.06. The Morgan fingerprint density at radius 2 is 1.75 bits per heavy atom. The zero-order chi connectivity index (χ0) is 25.5. The number of fused-ring (bicyclic) bond motifs is 1. The Kier molecular flexibility index (Phi) is 8.20. The first kappa shape index (κ1) is 25.6. The number of hydrogen-bond donors (Lipinski definition) is 1. The lowest BCUT2D eigenvalue weighted by Gasteiger charge is -2.30. The van der Waals surface area contributed by atoms with E-state index in [1.54, 1.807) is 13.1 Å². The minimum atomic E-state index is -4.29. The topological polar surface area (TPSA) is 61.4 Å². The Bertz CT molecular complexity index is 1160. The molecule has 0 unspecified atom stereocenters. The number of carbonyl (C=O) groups is 1. The lowest BCUT2D eigenvalue weighted by Crippen LogP contribution is -2.30. The van der Waals surface area contributed by atoms with Crippen molar-refractivity contribution in [3.63, 3.8) is 0 Å². The van der Waals surface area contributed by atoms with Gasteiger partial charge in [-0.15, -0.1) is 0 Å². The normalized spacial score (nSPS) is 15.6. The number of hydrogen-bond acceptors (Lipinski definition) is 6. The molecule has 0 radical (unpaired) electrons. The molecule has 6 nitrogen and oxygen atoms in total. The van der Waals surface area contributed by atoms with E-state index in [9.17, 15) is 18.0 Å². The highest BCUT2D eigenvalue weighted by molar-refractivity contribution is 5.75. The number of benzene rings is 2. The summed E-state index contributed by atoms with van der Waals surface area (Å²) in [4.78, 5) is 23.3. The van der Waals surface area contributed by atoms with Crippen LogP contribution >= 0.6 is 0 Å². The van der Waals surface area contributed by atoms with Crippen LogP contribution in [0.1, 0.15) is 45.5 Å². The summed E-state index contributed by atoms with van der Waals surface area (Å²) in [5.41, 5.74) is 4.96. The van der Waals surface area contributed by atoms with Crippen LogP contribution in [0.5, 0.6) is 0 Å². The fraction of sp³-hybridized carbons (Fsp3) is 0.370. The van der Waals surface area contributed by atoms with Crippen molar-refractivity contribution in [2.45, 2.75) is 38.5 Å². The van der Waals surface area contributed by atoms with E-state index in [-0.39, 0.29) is 0 Å². The van der Waals surface area contributed by atoms with Gasteiger partial charge in [-0.3, -0.25) is 9.69 Å². The number of carbonyl (C=O) groups excluding carboxylic acids is 1. The van der Waals surface area contributed by atoms with E-state index in [0.717, 1.165) is 74.6 Å². The van der Waals surface area contributed by atoms with Crippen LogP contribution in [0.3, 0.4) is 0 Å². The van der Waals surface area contributed by atoms with Gasteiger partial charge in [0.05, 0.1) is 23.6 Å². The highest BCUT2D eigenvalue weighted by Crippen LogP contribution is 2.32. The third-order valence-corrected chi connectivity index (χ3v) is 6.50. The van der Waals surface area contributed by atoms with E-state index in [2.05, 4.69) is 31.2 Å². The molecule has 2 aromatic carbocycles. The number of rotatable bonds is 5. The summed E-state index contributed by atoms with van der Waals surface area (Å²) in [5, 5.41) is 2.79. The van der Waals surface area contributed by atoms with Gasteiger partial charge in [0.1, 0.15) is 12.6 Å². The van der Waals surface area contributed by atoms with Crippen LogP contribution in [0.25, 0.3) is 0 Å². The molecule has 9 heteroatoms. The zero-order valence-electron chi connectivity index (χ0n) is 20.3. The molecule has 0 atom stereocenters. The Morgan fingerprint density at radius 3 is 2.42 bits per heavy atom. The number of nitrogens with zero attached hydrogens (tertiary/aromatic N) is 4. The number of alkyl halides is 3. The fourth-order valence-electron chi connectivity index (χ4n) is 4.62. The van der Waals surface area contributed by atoms with E-state index in [1.165, 1.54) is 23.5 Å². The third kappa shape index (κ3) is 6.60. The number of aldehydes is 1. The molecule has 0 saturated carbocycles. The Labute approximate surface area is 209 Å². The van der Waals surface area contributed by atoms with Gasteiger partial charge in [-0.05, 0) is 73.3 Å². The van der Waals surface area contributed by atoms with Crippen molar-refractivity contribution < 1.29 is 18.0 Å². The predicted octanol–water partition coefficient (Wildman–Crippen LogP) is 5.19. The van der Waals surface area contributed by atoms with Gasteiger partial charge in [0, 0.05) is 37.9 Å². The smallest absolute Gasteiger partial charge is 0.388 e. The molecule has 36 heavy (non-hydrogen) atoms. The molecular weight excluding hydrogens is 467 g/mol. The van der Waals surface area contributed by atoms with Crippen molar-refractivity contribution in [3.05, 3.63) is 82.9 Å². The Hall–Kier alpha value is -3.46. The van der Waals surface area contributed by atoms with Crippen molar-refractivity contribution >= 4 is 17.7 Å². The van der Waals surface area contributed by atoms with Crippen molar-refractivity contribution in [2.24, 2.45) is 0 Å².